The molecule has 106 valence electrons. The molecule has 0 bridgehead atoms. The maximum absolute atomic E-state index is 11.5. The van der Waals surface area contributed by atoms with Crippen molar-refractivity contribution in [2.75, 3.05) is 13.2 Å². The Bertz CT molecular complexity index is 269. The zero-order chi connectivity index (χ0) is 14.1. The van der Waals surface area contributed by atoms with E-state index in [0.717, 1.165) is 0 Å². The zero-order valence-corrected chi connectivity index (χ0v) is 11.5. The Morgan fingerprint density at radius 3 is 2.33 bits per heavy atom. The first-order valence-electron chi connectivity index (χ1n) is 6.25. The molecule has 0 aromatic heterocycles. The van der Waals surface area contributed by atoms with Gasteiger partial charge >= 0.3 is 12.0 Å². The number of carbonyl (C=O) groups excluding carboxylic acids is 1. The minimum absolute atomic E-state index is 0.0888. The van der Waals surface area contributed by atoms with E-state index in [0.29, 0.717) is 19.6 Å². The van der Waals surface area contributed by atoms with Gasteiger partial charge in [-0.3, -0.25) is 0 Å². The van der Waals surface area contributed by atoms with E-state index in [-0.39, 0.29) is 12.0 Å². The van der Waals surface area contributed by atoms with Crippen molar-refractivity contribution in [2.45, 2.75) is 46.3 Å². The van der Waals surface area contributed by atoms with E-state index in [1.807, 2.05) is 27.7 Å². The highest BCUT2D eigenvalue weighted by atomic mass is 16.5. The average Bonchev–Trinajstić information content (AvgIpc) is 2.25. The molecule has 0 aliphatic rings. The van der Waals surface area contributed by atoms with Crippen LogP contribution in [0, 0.1) is 5.92 Å². The van der Waals surface area contributed by atoms with Crippen LogP contribution in [0.25, 0.3) is 0 Å². The van der Waals surface area contributed by atoms with Gasteiger partial charge in [0.2, 0.25) is 0 Å². The summed E-state index contributed by atoms with van der Waals surface area (Å²) in [7, 11) is 0. The predicted octanol–water partition coefficient (Wildman–Crippen LogP) is 1.21. The van der Waals surface area contributed by atoms with Gasteiger partial charge in [-0.05, 0) is 26.2 Å². The molecule has 0 saturated carbocycles. The topological polar surface area (TPSA) is 87.7 Å². The number of urea groups is 1. The van der Waals surface area contributed by atoms with E-state index in [1.54, 1.807) is 0 Å². The largest absolute Gasteiger partial charge is 0.480 e. The number of carbonyl (C=O) groups is 2. The SMILES string of the molecule is CCOC(C)CNC(=O)N[C@H](CC(C)C)C(=O)O. The summed E-state index contributed by atoms with van der Waals surface area (Å²) in [6.07, 6.45) is 0.318. The van der Waals surface area contributed by atoms with Crippen LogP contribution in [0.1, 0.15) is 34.1 Å². The lowest BCUT2D eigenvalue weighted by Crippen LogP contribution is -2.48. The van der Waals surface area contributed by atoms with Gasteiger partial charge in [0.1, 0.15) is 6.04 Å². The fourth-order valence-electron chi connectivity index (χ4n) is 1.48. The summed E-state index contributed by atoms with van der Waals surface area (Å²) in [5, 5.41) is 14.0. The summed E-state index contributed by atoms with van der Waals surface area (Å²) in [5.41, 5.74) is 0. The second-order valence-electron chi connectivity index (χ2n) is 4.64. The standard InChI is InChI=1S/C12H24N2O4/c1-5-18-9(4)7-13-12(17)14-10(11(15)16)6-8(2)3/h8-10H,5-7H2,1-4H3,(H,15,16)(H2,13,14,17)/t9?,10-/m1/s1. The number of nitrogens with one attached hydrogen (secondary N) is 2. The zero-order valence-electron chi connectivity index (χ0n) is 11.5. The quantitative estimate of drug-likeness (QED) is 0.612. The number of carboxylic acid groups (broad SMARTS) is 1. The smallest absolute Gasteiger partial charge is 0.326 e. The van der Waals surface area contributed by atoms with Crippen LogP contribution in [0.2, 0.25) is 0 Å². The number of carboxylic acids is 1. The predicted molar refractivity (Wildman–Crippen MR) is 68.5 cm³/mol. The van der Waals surface area contributed by atoms with Crippen LogP contribution in [0.4, 0.5) is 4.79 Å². The van der Waals surface area contributed by atoms with Gasteiger partial charge in [-0.15, -0.1) is 0 Å². The van der Waals surface area contributed by atoms with Gasteiger partial charge in [0.05, 0.1) is 6.10 Å². The van der Waals surface area contributed by atoms with Crippen molar-refractivity contribution in [3.05, 3.63) is 0 Å². The van der Waals surface area contributed by atoms with Gasteiger partial charge in [-0.2, -0.15) is 0 Å². The van der Waals surface area contributed by atoms with E-state index in [2.05, 4.69) is 10.6 Å². The number of ether oxygens (including phenoxy) is 1. The highest BCUT2D eigenvalue weighted by Gasteiger charge is 2.20. The van der Waals surface area contributed by atoms with Gasteiger partial charge in [-0.1, -0.05) is 13.8 Å². The van der Waals surface area contributed by atoms with Gasteiger partial charge < -0.3 is 20.5 Å². The summed E-state index contributed by atoms with van der Waals surface area (Å²) in [6, 6.07) is -1.33. The molecule has 1 unspecified atom stereocenters. The molecule has 0 aromatic carbocycles. The van der Waals surface area contributed by atoms with Crippen molar-refractivity contribution in [3.8, 4) is 0 Å². The molecule has 0 aliphatic carbocycles. The molecule has 0 aliphatic heterocycles. The Hall–Kier alpha value is -1.30. The summed E-state index contributed by atoms with van der Waals surface area (Å²) in [6.45, 7) is 8.47. The summed E-state index contributed by atoms with van der Waals surface area (Å²) in [4.78, 5) is 22.5. The highest BCUT2D eigenvalue weighted by molar-refractivity contribution is 5.82. The number of hydrogen-bond donors (Lipinski definition) is 3. The lowest BCUT2D eigenvalue weighted by atomic mass is 10.0. The molecule has 0 aromatic rings. The van der Waals surface area contributed by atoms with Crippen LogP contribution in [0.15, 0.2) is 0 Å². The van der Waals surface area contributed by atoms with Gasteiger partial charge in [0, 0.05) is 13.2 Å². The molecule has 0 rings (SSSR count). The fraction of sp³-hybridized carbons (Fsp3) is 0.833. The van der Waals surface area contributed by atoms with Crippen LogP contribution in [-0.2, 0) is 9.53 Å². The molecule has 0 fully saturated rings. The molecule has 0 spiro atoms. The van der Waals surface area contributed by atoms with Gasteiger partial charge in [0.15, 0.2) is 0 Å². The lowest BCUT2D eigenvalue weighted by Gasteiger charge is -2.18. The number of aliphatic carboxylic acids is 1. The number of hydrogen-bond acceptors (Lipinski definition) is 3. The van der Waals surface area contributed by atoms with Crippen molar-refractivity contribution in [2.24, 2.45) is 5.92 Å². The van der Waals surface area contributed by atoms with Gasteiger partial charge in [-0.25, -0.2) is 9.59 Å². The first-order chi connectivity index (χ1) is 8.36. The third-order valence-corrected chi connectivity index (χ3v) is 2.31. The Labute approximate surface area is 108 Å². The molecular weight excluding hydrogens is 236 g/mol. The molecule has 18 heavy (non-hydrogen) atoms. The molecule has 0 saturated heterocycles. The Morgan fingerprint density at radius 1 is 1.28 bits per heavy atom. The van der Waals surface area contributed by atoms with E-state index < -0.39 is 18.0 Å². The van der Waals surface area contributed by atoms with Crippen LogP contribution >= 0.6 is 0 Å². The lowest BCUT2D eigenvalue weighted by molar-refractivity contribution is -0.139. The van der Waals surface area contributed by atoms with Crippen molar-refractivity contribution >= 4 is 12.0 Å². The van der Waals surface area contributed by atoms with Crippen molar-refractivity contribution in [1.82, 2.24) is 10.6 Å². The van der Waals surface area contributed by atoms with E-state index in [9.17, 15) is 9.59 Å². The monoisotopic (exact) mass is 260 g/mol. The highest BCUT2D eigenvalue weighted by Crippen LogP contribution is 2.04. The van der Waals surface area contributed by atoms with E-state index in [4.69, 9.17) is 9.84 Å². The van der Waals surface area contributed by atoms with Crippen LogP contribution in [0.3, 0.4) is 0 Å². The first-order valence-corrected chi connectivity index (χ1v) is 6.25. The Morgan fingerprint density at radius 2 is 1.89 bits per heavy atom. The number of amides is 2. The Kier molecular flexibility index (Phi) is 8.11. The summed E-state index contributed by atoms with van der Waals surface area (Å²) >= 11 is 0. The number of rotatable bonds is 8. The molecule has 6 nitrogen and oxygen atoms in total. The third-order valence-electron chi connectivity index (χ3n) is 2.31. The summed E-state index contributed by atoms with van der Waals surface area (Å²) in [5.74, 6) is -0.814. The van der Waals surface area contributed by atoms with E-state index >= 15 is 0 Å². The molecule has 6 heteroatoms. The van der Waals surface area contributed by atoms with E-state index in [1.165, 1.54) is 0 Å². The molecule has 2 amide bonds. The van der Waals surface area contributed by atoms with Crippen LogP contribution < -0.4 is 10.6 Å². The average molecular weight is 260 g/mol. The molecule has 2 atom stereocenters. The van der Waals surface area contributed by atoms with Crippen molar-refractivity contribution < 1.29 is 19.4 Å². The molecular formula is C12H24N2O4. The molecule has 0 heterocycles. The maximum Gasteiger partial charge on any atom is 0.326 e. The molecule has 0 radical (unpaired) electrons. The van der Waals surface area contributed by atoms with Gasteiger partial charge in [0.25, 0.3) is 0 Å². The minimum atomic E-state index is -1.02. The van der Waals surface area contributed by atoms with Crippen molar-refractivity contribution in [3.63, 3.8) is 0 Å². The molecule has 3 N–H and O–H groups in total. The normalized spacial score (nSPS) is 14.1. The van der Waals surface area contributed by atoms with Crippen LogP contribution in [0.5, 0.6) is 0 Å². The van der Waals surface area contributed by atoms with Crippen LogP contribution in [-0.4, -0.2) is 42.4 Å². The fourth-order valence-corrected chi connectivity index (χ4v) is 1.48. The second-order valence-corrected chi connectivity index (χ2v) is 4.64. The second kappa shape index (κ2) is 8.74. The Balaban J connectivity index is 4.06. The summed E-state index contributed by atoms with van der Waals surface area (Å²) < 4.78 is 5.25. The third kappa shape index (κ3) is 7.89. The minimum Gasteiger partial charge on any atom is -0.480 e. The maximum atomic E-state index is 11.5. The first kappa shape index (κ1) is 16.7. The van der Waals surface area contributed by atoms with Crippen molar-refractivity contribution in [1.29, 1.82) is 0 Å².